The van der Waals surface area contributed by atoms with E-state index >= 15 is 0 Å². The molecule has 18 heavy (non-hydrogen) atoms. The average Bonchev–Trinajstić information content (AvgIpc) is 2.38. The maximum Gasteiger partial charge on any atom is 0.0461 e. The molecule has 0 aliphatic carbocycles. The van der Waals surface area contributed by atoms with Crippen LogP contribution in [-0.4, -0.2) is 36.0 Å². The summed E-state index contributed by atoms with van der Waals surface area (Å²) in [5.41, 5.74) is 9.08. The van der Waals surface area contributed by atoms with Gasteiger partial charge in [0.15, 0.2) is 0 Å². The smallest absolute Gasteiger partial charge is 0.0461 e. The molecule has 2 atom stereocenters. The van der Waals surface area contributed by atoms with E-state index in [0.29, 0.717) is 12.0 Å². The molecule has 2 rings (SSSR count). The van der Waals surface area contributed by atoms with Gasteiger partial charge < -0.3 is 5.73 Å². The highest BCUT2D eigenvalue weighted by Crippen LogP contribution is 2.26. The topological polar surface area (TPSA) is 29.3 Å². The number of nitrogens with two attached hydrogens (primary N) is 1. The predicted molar refractivity (Wildman–Crippen MR) is 81.2 cm³/mol. The zero-order valence-electron chi connectivity index (χ0n) is 11.6. The molecule has 3 heteroatoms. The van der Waals surface area contributed by atoms with Crippen LogP contribution in [-0.2, 0) is 0 Å². The Bertz CT molecular complexity index is 375. The molecule has 0 spiro atoms. The van der Waals surface area contributed by atoms with Crippen molar-refractivity contribution in [2.75, 3.05) is 25.1 Å². The molecule has 100 valence electrons. The van der Waals surface area contributed by atoms with Crippen LogP contribution in [0, 0.1) is 0 Å². The van der Waals surface area contributed by atoms with Crippen LogP contribution in [0.15, 0.2) is 24.3 Å². The number of hydrogen-bond donors (Lipinski definition) is 1. The Hall–Kier alpha value is -0.510. The summed E-state index contributed by atoms with van der Waals surface area (Å²) >= 11 is 2.02. The molecule has 2 nitrogen and oxygen atoms in total. The molecule has 1 heterocycles. The van der Waals surface area contributed by atoms with Crippen molar-refractivity contribution in [2.24, 2.45) is 5.73 Å². The standard InChI is InChI=1S/C15H24N2S/c1-11(2)12-4-6-13(7-5-12)15(16)14-10-18-9-8-17(14)3/h4-7,11,14-15H,8-10,16H2,1-3H3. The van der Waals surface area contributed by atoms with E-state index in [1.165, 1.54) is 16.9 Å². The summed E-state index contributed by atoms with van der Waals surface area (Å²) in [7, 11) is 2.19. The van der Waals surface area contributed by atoms with Crippen molar-refractivity contribution in [1.29, 1.82) is 0 Å². The lowest BCUT2D eigenvalue weighted by Gasteiger charge is -2.36. The van der Waals surface area contributed by atoms with E-state index in [4.69, 9.17) is 5.73 Å². The van der Waals surface area contributed by atoms with Crippen molar-refractivity contribution < 1.29 is 0 Å². The molecule has 1 aliphatic rings. The zero-order valence-corrected chi connectivity index (χ0v) is 12.4. The molecule has 0 amide bonds. The third kappa shape index (κ3) is 3.08. The van der Waals surface area contributed by atoms with Crippen LogP contribution in [0.5, 0.6) is 0 Å². The predicted octanol–water partition coefficient (Wildman–Crippen LogP) is 2.86. The monoisotopic (exact) mass is 264 g/mol. The van der Waals surface area contributed by atoms with Gasteiger partial charge >= 0.3 is 0 Å². The van der Waals surface area contributed by atoms with E-state index in [0.717, 1.165) is 12.3 Å². The Balaban J connectivity index is 2.10. The Morgan fingerprint density at radius 3 is 2.39 bits per heavy atom. The SMILES string of the molecule is CC(C)c1ccc(C(N)C2CSCCN2C)cc1. The largest absolute Gasteiger partial charge is 0.323 e. The fourth-order valence-electron chi connectivity index (χ4n) is 2.41. The fraction of sp³-hybridized carbons (Fsp3) is 0.600. The number of benzene rings is 1. The minimum Gasteiger partial charge on any atom is -0.323 e. The van der Waals surface area contributed by atoms with Gasteiger partial charge in [-0.05, 0) is 24.1 Å². The first-order valence-electron chi connectivity index (χ1n) is 6.73. The quantitative estimate of drug-likeness (QED) is 0.910. The van der Waals surface area contributed by atoms with Crippen LogP contribution in [0.4, 0.5) is 0 Å². The highest BCUT2D eigenvalue weighted by atomic mass is 32.2. The van der Waals surface area contributed by atoms with Gasteiger partial charge in [0.2, 0.25) is 0 Å². The molecule has 1 aliphatic heterocycles. The molecule has 2 unspecified atom stereocenters. The van der Waals surface area contributed by atoms with Crippen LogP contribution < -0.4 is 5.73 Å². The summed E-state index contributed by atoms with van der Waals surface area (Å²) in [4.78, 5) is 2.40. The summed E-state index contributed by atoms with van der Waals surface area (Å²) in [5, 5.41) is 0. The molecule has 1 aromatic rings. The maximum atomic E-state index is 6.43. The van der Waals surface area contributed by atoms with Gasteiger partial charge in [0.1, 0.15) is 0 Å². The van der Waals surface area contributed by atoms with Crippen LogP contribution in [0.3, 0.4) is 0 Å². The van der Waals surface area contributed by atoms with Crippen LogP contribution in [0.25, 0.3) is 0 Å². The number of nitrogens with zero attached hydrogens (tertiary/aromatic N) is 1. The molecule has 0 saturated carbocycles. The third-order valence-corrected chi connectivity index (χ3v) is 4.89. The van der Waals surface area contributed by atoms with Gasteiger partial charge in [0, 0.05) is 30.1 Å². The van der Waals surface area contributed by atoms with Gasteiger partial charge in [-0.2, -0.15) is 11.8 Å². The highest BCUT2D eigenvalue weighted by Gasteiger charge is 2.26. The van der Waals surface area contributed by atoms with Crippen LogP contribution >= 0.6 is 11.8 Å². The first-order chi connectivity index (χ1) is 8.59. The van der Waals surface area contributed by atoms with E-state index in [-0.39, 0.29) is 6.04 Å². The fourth-order valence-corrected chi connectivity index (χ4v) is 3.70. The van der Waals surface area contributed by atoms with Gasteiger partial charge in [-0.15, -0.1) is 0 Å². The molecule has 0 bridgehead atoms. The minimum absolute atomic E-state index is 0.129. The maximum absolute atomic E-state index is 6.43. The molecular formula is C15H24N2S. The average molecular weight is 264 g/mol. The van der Waals surface area contributed by atoms with Gasteiger partial charge in [-0.3, -0.25) is 4.90 Å². The van der Waals surface area contributed by atoms with Crippen molar-refractivity contribution in [3.8, 4) is 0 Å². The van der Waals surface area contributed by atoms with E-state index in [9.17, 15) is 0 Å². The lowest BCUT2D eigenvalue weighted by molar-refractivity contribution is 0.237. The van der Waals surface area contributed by atoms with Gasteiger partial charge in [0.05, 0.1) is 0 Å². The molecular weight excluding hydrogens is 240 g/mol. The van der Waals surface area contributed by atoms with Gasteiger partial charge in [-0.25, -0.2) is 0 Å². The third-order valence-electron chi connectivity index (χ3n) is 3.85. The van der Waals surface area contributed by atoms with Crippen molar-refractivity contribution in [1.82, 2.24) is 4.90 Å². The Kier molecular flexibility index (Phi) is 4.71. The second-order valence-corrected chi connectivity index (χ2v) is 6.62. The van der Waals surface area contributed by atoms with Crippen LogP contribution in [0.2, 0.25) is 0 Å². The molecule has 1 saturated heterocycles. The Morgan fingerprint density at radius 1 is 1.22 bits per heavy atom. The summed E-state index contributed by atoms with van der Waals surface area (Å²) in [6.07, 6.45) is 0. The lowest BCUT2D eigenvalue weighted by atomic mass is 9.96. The summed E-state index contributed by atoms with van der Waals surface area (Å²) < 4.78 is 0. The first-order valence-corrected chi connectivity index (χ1v) is 7.88. The zero-order chi connectivity index (χ0) is 13.1. The van der Waals surface area contributed by atoms with Crippen molar-refractivity contribution >= 4 is 11.8 Å². The number of likely N-dealkylation sites (N-methyl/N-ethyl adjacent to an activating group) is 1. The summed E-state index contributed by atoms with van der Waals surface area (Å²) in [5.74, 6) is 2.96. The van der Waals surface area contributed by atoms with Crippen molar-refractivity contribution in [3.05, 3.63) is 35.4 Å². The highest BCUT2D eigenvalue weighted by molar-refractivity contribution is 7.99. The number of hydrogen-bond acceptors (Lipinski definition) is 3. The summed E-state index contributed by atoms with van der Waals surface area (Å²) in [6.45, 7) is 5.59. The van der Waals surface area contributed by atoms with E-state index < -0.39 is 0 Å². The Morgan fingerprint density at radius 2 is 1.83 bits per heavy atom. The van der Waals surface area contributed by atoms with E-state index in [1.807, 2.05) is 11.8 Å². The minimum atomic E-state index is 0.129. The lowest BCUT2D eigenvalue weighted by Crippen LogP contribution is -2.46. The molecule has 1 aromatic carbocycles. The number of rotatable bonds is 3. The number of thioether (sulfide) groups is 1. The summed E-state index contributed by atoms with van der Waals surface area (Å²) in [6, 6.07) is 9.43. The molecule has 0 aromatic heterocycles. The normalized spacial score (nSPS) is 23.3. The van der Waals surface area contributed by atoms with E-state index in [2.05, 4.69) is 50.1 Å². The second-order valence-electron chi connectivity index (χ2n) is 5.47. The van der Waals surface area contributed by atoms with Gasteiger partial charge in [-0.1, -0.05) is 38.1 Å². The first kappa shape index (κ1) is 13.9. The molecule has 1 fully saturated rings. The Labute approximate surface area is 115 Å². The second kappa shape index (κ2) is 6.09. The molecule has 0 radical (unpaired) electrons. The van der Waals surface area contributed by atoms with Crippen molar-refractivity contribution in [2.45, 2.75) is 31.8 Å². The van der Waals surface area contributed by atoms with Crippen LogP contribution in [0.1, 0.15) is 36.9 Å². The van der Waals surface area contributed by atoms with E-state index in [1.54, 1.807) is 0 Å². The van der Waals surface area contributed by atoms with Gasteiger partial charge in [0.25, 0.3) is 0 Å². The van der Waals surface area contributed by atoms with Crippen molar-refractivity contribution in [3.63, 3.8) is 0 Å². The molecule has 2 N–H and O–H groups in total.